The number of amides is 1. The maximum absolute atomic E-state index is 12.6. The van der Waals surface area contributed by atoms with Crippen molar-refractivity contribution in [2.45, 2.75) is 65.0 Å². The van der Waals surface area contributed by atoms with Crippen molar-refractivity contribution in [2.24, 2.45) is 0 Å². The molecular formula is C24H30F3NO6. The van der Waals surface area contributed by atoms with Gasteiger partial charge < -0.3 is 14.3 Å². The summed E-state index contributed by atoms with van der Waals surface area (Å²) in [4.78, 5) is 36.0. The SMILES string of the molecule is COC(=O)N/C=C/CCC(C)c1cc(O)c(C(=O)/C(C)=C/C=C(/C)CCCC(F)(F)F)c(=O)o1. The van der Waals surface area contributed by atoms with Crippen molar-refractivity contribution >= 4 is 11.9 Å². The molecule has 0 fully saturated rings. The van der Waals surface area contributed by atoms with Crippen LogP contribution in [-0.2, 0) is 4.74 Å². The molecule has 10 heteroatoms. The molecule has 1 amide bonds. The van der Waals surface area contributed by atoms with Crippen LogP contribution in [0.2, 0.25) is 0 Å². The minimum absolute atomic E-state index is 0.0612. The van der Waals surface area contributed by atoms with E-state index in [2.05, 4.69) is 10.1 Å². The van der Waals surface area contributed by atoms with E-state index in [1.807, 2.05) is 0 Å². The normalized spacial score (nSPS) is 13.7. The second-order valence-electron chi connectivity index (χ2n) is 7.87. The molecule has 1 rings (SSSR count). The maximum Gasteiger partial charge on any atom is 0.410 e. The predicted molar refractivity (Wildman–Crippen MR) is 121 cm³/mol. The Bertz CT molecular complexity index is 1000. The van der Waals surface area contributed by atoms with Crippen LogP contribution in [0.1, 0.15) is 74.9 Å². The molecule has 0 aliphatic carbocycles. The zero-order valence-corrected chi connectivity index (χ0v) is 19.6. The van der Waals surface area contributed by atoms with Gasteiger partial charge in [-0.05, 0) is 45.1 Å². The van der Waals surface area contributed by atoms with E-state index in [1.165, 1.54) is 38.5 Å². The Labute approximate surface area is 196 Å². The number of halogens is 3. The molecule has 0 spiro atoms. The number of allylic oxidation sites excluding steroid dienone is 5. The molecule has 0 radical (unpaired) electrons. The molecule has 188 valence electrons. The van der Waals surface area contributed by atoms with Gasteiger partial charge in [-0.3, -0.25) is 10.1 Å². The summed E-state index contributed by atoms with van der Waals surface area (Å²) in [7, 11) is 1.24. The summed E-state index contributed by atoms with van der Waals surface area (Å²) in [6.07, 6.45) is 1.55. The quantitative estimate of drug-likeness (QED) is 0.229. The van der Waals surface area contributed by atoms with Gasteiger partial charge in [-0.2, -0.15) is 13.2 Å². The van der Waals surface area contributed by atoms with Gasteiger partial charge in [0.25, 0.3) is 0 Å². The highest BCUT2D eigenvalue weighted by molar-refractivity contribution is 6.09. The van der Waals surface area contributed by atoms with E-state index in [-0.39, 0.29) is 30.1 Å². The molecule has 1 aromatic rings. The van der Waals surface area contributed by atoms with Crippen molar-refractivity contribution in [1.82, 2.24) is 5.32 Å². The van der Waals surface area contributed by atoms with Crippen LogP contribution in [0.25, 0.3) is 0 Å². The summed E-state index contributed by atoms with van der Waals surface area (Å²) in [5.74, 6) is -1.30. The molecule has 0 aromatic carbocycles. The Kier molecular flexibility index (Phi) is 11.3. The maximum atomic E-state index is 12.6. The fourth-order valence-electron chi connectivity index (χ4n) is 2.90. The number of ether oxygens (including phenoxy) is 1. The number of rotatable bonds is 11. The van der Waals surface area contributed by atoms with Crippen molar-refractivity contribution in [3.8, 4) is 5.75 Å². The van der Waals surface area contributed by atoms with E-state index in [9.17, 15) is 32.7 Å². The Morgan fingerprint density at radius 1 is 1.26 bits per heavy atom. The van der Waals surface area contributed by atoms with E-state index in [1.54, 1.807) is 19.9 Å². The lowest BCUT2D eigenvalue weighted by molar-refractivity contribution is -0.135. The van der Waals surface area contributed by atoms with Gasteiger partial charge in [0.1, 0.15) is 17.1 Å². The molecule has 7 nitrogen and oxygen atoms in total. The topological polar surface area (TPSA) is 106 Å². The summed E-state index contributed by atoms with van der Waals surface area (Å²) >= 11 is 0. The first-order chi connectivity index (χ1) is 15.9. The number of alkyl carbamates (subject to hydrolysis) is 1. The van der Waals surface area contributed by atoms with Gasteiger partial charge in [0, 0.05) is 24.6 Å². The molecule has 0 saturated heterocycles. The first-order valence-corrected chi connectivity index (χ1v) is 10.7. The number of hydrogen-bond donors (Lipinski definition) is 2. The van der Waals surface area contributed by atoms with E-state index < -0.39 is 41.4 Å². The largest absolute Gasteiger partial charge is 0.507 e. The van der Waals surface area contributed by atoms with E-state index >= 15 is 0 Å². The Morgan fingerprint density at radius 2 is 1.94 bits per heavy atom. The fourth-order valence-corrected chi connectivity index (χ4v) is 2.90. The van der Waals surface area contributed by atoms with Gasteiger partial charge in [0.2, 0.25) is 0 Å². The summed E-state index contributed by atoms with van der Waals surface area (Å²) in [5, 5.41) is 12.7. The molecule has 0 saturated carbocycles. The van der Waals surface area contributed by atoms with Gasteiger partial charge in [-0.1, -0.05) is 30.7 Å². The van der Waals surface area contributed by atoms with Crippen LogP contribution in [0.3, 0.4) is 0 Å². The number of carbonyl (C=O) groups is 2. The minimum Gasteiger partial charge on any atom is -0.507 e. The Morgan fingerprint density at radius 3 is 2.53 bits per heavy atom. The first-order valence-electron chi connectivity index (χ1n) is 10.7. The number of alkyl halides is 3. The number of carbonyl (C=O) groups excluding carboxylic acids is 2. The fraction of sp³-hybridized carbons (Fsp3) is 0.458. The van der Waals surface area contributed by atoms with Gasteiger partial charge >= 0.3 is 17.9 Å². The third-order valence-electron chi connectivity index (χ3n) is 4.94. The van der Waals surface area contributed by atoms with Crippen molar-refractivity contribution < 1.29 is 37.0 Å². The van der Waals surface area contributed by atoms with Crippen LogP contribution >= 0.6 is 0 Å². The standard InChI is InChI=1S/C24H30F3NO6/c1-15(8-7-12-24(25,26)27)10-11-17(3)21(30)20-18(29)14-19(34-22(20)31)16(2)9-5-6-13-28-23(32)33-4/h6,10-11,13-14,16,29H,5,7-9,12H2,1-4H3,(H,28,32)/b13-6+,15-10-,17-11+. The zero-order chi connectivity index (χ0) is 25.9. The monoisotopic (exact) mass is 485 g/mol. The molecular weight excluding hydrogens is 455 g/mol. The Balaban J connectivity index is 2.83. The molecule has 1 aromatic heterocycles. The zero-order valence-electron chi connectivity index (χ0n) is 19.6. The van der Waals surface area contributed by atoms with Crippen molar-refractivity contribution in [1.29, 1.82) is 0 Å². The number of Topliss-reactive ketones (excluding diaryl/α,β-unsaturated/α-hetero) is 1. The number of hydrogen-bond acceptors (Lipinski definition) is 6. The predicted octanol–water partition coefficient (Wildman–Crippen LogP) is 5.91. The highest BCUT2D eigenvalue weighted by Gasteiger charge is 2.26. The molecule has 1 heterocycles. The van der Waals surface area contributed by atoms with Gasteiger partial charge in [0.15, 0.2) is 5.78 Å². The summed E-state index contributed by atoms with van der Waals surface area (Å²) < 4.78 is 46.4. The van der Waals surface area contributed by atoms with Crippen LogP contribution < -0.4 is 10.9 Å². The lowest BCUT2D eigenvalue weighted by Crippen LogP contribution is -2.16. The van der Waals surface area contributed by atoms with E-state index in [0.717, 1.165) is 0 Å². The molecule has 0 bridgehead atoms. The number of aromatic hydroxyl groups is 1. The minimum atomic E-state index is -4.21. The molecule has 1 atom stereocenters. The third-order valence-corrected chi connectivity index (χ3v) is 4.94. The van der Waals surface area contributed by atoms with Crippen molar-refractivity contribution in [3.63, 3.8) is 0 Å². The average Bonchev–Trinajstić information content (AvgIpc) is 2.75. The number of ketones is 1. The summed E-state index contributed by atoms with van der Waals surface area (Å²) in [6, 6.07) is 1.22. The van der Waals surface area contributed by atoms with E-state index in [4.69, 9.17) is 4.42 Å². The average molecular weight is 485 g/mol. The third kappa shape index (κ3) is 10.1. The van der Waals surface area contributed by atoms with Crippen molar-refractivity contribution in [2.75, 3.05) is 7.11 Å². The van der Waals surface area contributed by atoms with Crippen LogP contribution in [0.5, 0.6) is 5.75 Å². The second kappa shape index (κ2) is 13.4. The van der Waals surface area contributed by atoms with Crippen LogP contribution in [0, 0.1) is 0 Å². The molecule has 0 aliphatic rings. The summed E-state index contributed by atoms with van der Waals surface area (Å²) in [6.45, 7) is 4.86. The smallest absolute Gasteiger partial charge is 0.410 e. The molecule has 1 unspecified atom stereocenters. The van der Waals surface area contributed by atoms with Crippen LogP contribution in [0.4, 0.5) is 18.0 Å². The Hall–Kier alpha value is -3.30. The molecule has 0 aliphatic heterocycles. The van der Waals surface area contributed by atoms with Crippen LogP contribution in [0.15, 0.2) is 50.9 Å². The summed E-state index contributed by atoms with van der Waals surface area (Å²) in [5.41, 5.74) is -0.710. The number of nitrogens with one attached hydrogen (secondary N) is 1. The lowest BCUT2D eigenvalue weighted by Gasteiger charge is -2.11. The number of methoxy groups -OCH3 is 1. The highest BCUT2D eigenvalue weighted by Crippen LogP contribution is 2.26. The van der Waals surface area contributed by atoms with Gasteiger partial charge in [0.05, 0.1) is 7.11 Å². The first kappa shape index (κ1) is 28.7. The lowest BCUT2D eigenvalue weighted by atomic mass is 9.99. The van der Waals surface area contributed by atoms with Crippen LogP contribution in [-0.4, -0.2) is 30.3 Å². The van der Waals surface area contributed by atoms with Gasteiger partial charge in [-0.25, -0.2) is 9.59 Å². The molecule has 34 heavy (non-hydrogen) atoms. The van der Waals surface area contributed by atoms with Gasteiger partial charge in [-0.15, -0.1) is 0 Å². The van der Waals surface area contributed by atoms with E-state index in [0.29, 0.717) is 18.4 Å². The molecule has 2 N–H and O–H groups in total. The second-order valence-corrected chi connectivity index (χ2v) is 7.87. The highest BCUT2D eigenvalue weighted by atomic mass is 19.4. The van der Waals surface area contributed by atoms with Crippen molar-refractivity contribution in [3.05, 3.63) is 63.4 Å².